The van der Waals surface area contributed by atoms with Crippen molar-refractivity contribution in [2.45, 2.75) is 385 Å². The third-order valence-corrected chi connectivity index (χ3v) is 57.6. The van der Waals surface area contributed by atoms with Crippen molar-refractivity contribution in [3.63, 3.8) is 0 Å². The second kappa shape index (κ2) is 51.3. The summed E-state index contributed by atoms with van der Waals surface area (Å²) in [6.45, 7) is 82.3. The molecule has 8 N–H and O–H groups in total. The number of nitrogens with zero attached hydrogens (tertiary/aromatic N) is 15. The summed E-state index contributed by atoms with van der Waals surface area (Å²) in [5.41, 5.74) is 8.11. The largest absolute Gasteiger partial charge is 0.415 e. The number of benzene rings is 3. The molecule has 6 heterocycles. The van der Waals surface area contributed by atoms with Crippen LogP contribution in [0.3, 0.4) is 0 Å². The molecule has 12 atom stereocenters. The zero-order chi connectivity index (χ0) is 105. The molecule has 9 rings (SSSR count). The van der Waals surface area contributed by atoms with E-state index >= 15 is 0 Å². The van der Waals surface area contributed by atoms with Gasteiger partial charge in [-0.25, -0.2) is 14.0 Å². The van der Waals surface area contributed by atoms with Crippen LogP contribution >= 0.6 is 0 Å². The number of unbranched alkanes of at least 4 members (excludes halogenated alkanes) is 9. The van der Waals surface area contributed by atoms with Gasteiger partial charge in [0, 0.05) is 74.4 Å². The molecule has 0 unspecified atom stereocenters. The molecule has 3 aliphatic rings. The van der Waals surface area contributed by atoms with E-state index in [0.717, 1.165) is 115 Å². The third-order valence-electron chi connectivity index (χ3n) is 30.7. The quantitative estimate of drug-likeness (QED) is 0.00467. The number of anilines is 3. The number of nitro groups is 3. The fourth-order valence-electron chi connectivity index (χ4n) is 15.6. The Morgan fingerprint density at radius 2 is 0.719 bits per heavy atom. The topological polar surface area (TPSA) is 435 Å². The predicted octanol–water partition coefficient (Wildman–Crippen LogP) is 19.8. The van der Waals surface area contributed by atoms with Crippen molar-refractivity contribution in [3.05, 3.63) is 122 Å². The minimum Gasteiger partial charge on any atom is -0.415 e. The maximum atomic E-state index is 11.8. The first-order chi connectivity index (χ1) is 64.2. The Labute approximate surface area is 836 Å². The minimum absolute atomic E-state index is 0.00358. The van der Waals surface area contributed by atoms with E-state index in [1.807, 2.05) is 11.0 Å². The van der Waals surface area contributed by atoms with E-state index in [0.29, 0.717) is 73.0 Å². The molecule has 3 saturated heterocycles. The van der Waals surface area contributed by atoms with E-state index in [4.69, 9.17) is 32.3 Å². The molecular weight excluding hydrogens is 1870 g/mol. The average molecular weight is 2050 g/mol. The molecule has 0 aliphatic carbocycles. The van der Waals surface area contributed by atoms with Crippen LogP contribution in [-0.4, -0.2) is 284 Å². The summed E-state index contributed by atoms with van der Waals surface area (Å²) in [5.74, 6) is 0.695. The molecule has 3 aromatic heterocycles. The fraction of sp³-hybridized carbons (Fsp3) is 0.745. The van der Waals surface area contributed by atoms with Gasteiger partial charge in [0.25, 0.3) is 17.1 Å². The highest BCUT2D eigenvalue weighted by Gasteiger charge is 2.56. The van der Waals surface area contributed by atoms with Crippen molar-refractivity contribution in [1.82, 2.24) is 59.7 Å². The fourth-order valence-corrected chi connectivity index (χ4v) is 23.1. The highest BCUT2D eigenvalue weighted by molar-refractivity contribution is 6.76. The standard InChI is InChI=1S/C39H74N6O5Si3.C31H67NO4Si3.C20H30N6O6.C8H7N5O2/c1-30-28-43(25-20-18-17-19-23-40-31-21-22-32(33(27-31)45(46)47)44-26-24-41-42-44)34(29-48-51(11,12)37(2,3)4)36(50-53(15,16)39(8,9)10)35(30)49-52(13,14)38(5,6)7;1-25-23-32(21-19-17-18-20-22-33)26(24-34-37(11,12)29(2,3)4)28(36-39(15,16)31(8,9)10)27(25)35-38(13,14)30(5,6)7;27-13-17-19(29)20(30)18(28)12-24(17)9-4-2-1-3-7-21-14-5-6-15(16(11-14)26(31)32)25-10-8-22-23-25;9-6-1-2-7(8(5-6)13(14)15)12-4-3-10-11-12/h21-22,24,26-27,30,34-36,40H,17-20,23,25,28-29H2,1-16H3;22,25-28H,17-21,23-24H2,1-16H3;5-6,8,10-11,17-21,27-30H,1-4,7,9,12-13H2;1-5H,9H2/t30-,34+,35+,36+;25-,26+,27+,28+;17-,18+,19-,20-;/m001./s1. The van der Waals surface area contributed by atoms with E-state index in [1.165, 1.54) is 57.0 Å². The van der Waals surface area contributed by atoms with Gasteiger partial charge >= 0.3 is 0 Å². The first-order valence-corrected chi connectivity index (χ1v) is 67.6. The zero-order valence-corrected chi connectivity index (χ0v) is 96.3. The van der Waals surface area contributed by atoms with Gasteiger partial charge < -0.3 is 68.1 Å². The van der Waals surface area contributed by atoms with Crippen LogP contribution in [0.25, 0.3) is 17.1 Å². The number of β-amino-alcohol motifs (C(OH)–C–C–N with tert-alkyl or cyclic N) is 1. The number of nitrogens with one attached hydrogen (secondary N) is 2. The second-order valence-corrected chi connectivity index (χ2v) is 76.2. The number of rotatable bonds is 43. The average Bonchev–Trinajstić information content (AvgIpc) is 1.36. The smallest absolute Gasteiger partial charge is 0.296 e. The zero-order valence-electron chi connectivity index (χ0n) is 90.3. The first-order valence-electron chi connectivity index (χ1n) is 50.2. The van der Waals surface area contributed by atoms with Gasteiger partial charge in [-0.1, -0.05) is 186 Å². The van der Waals surface area contributed by atoms with Crippen molar-refractivity contribution in [3.8, 4) is 17.1 Å². The maximum Gasteiger partial charge on any atom is 0.296 e. The van der Waals surface area contributed by atoms with E-state index in [1.54, 1.807) is 42.7 Å². The van der Waals surface area contributed by atoms with Crippen LogP contribution in [0.2, 0.25) is 109 Å². The van der Waals surface area contributed by atoms with Crippen LogP contribution in [-0.2, 0) is 31.4 Å². The number of aromatic nitrogens is 9. The Balaban J connectivity index is 0.000000304. The lowest BCUT2D eigenvalue weighted by Gasteiger charge is -2.54. The summed E-state index contributed by atoms with van der Waals surface area (Å²) in [6.07, 6.45) is 18.2. The number of hydrogen-bond acceptors (Lipinski definition) is 29. The van der Waals surface area contributed by atoms with Crippen LogP contribution in [0.5, 0.6) is 0 Å². The monoisotopic (exact) mass is 2050 g/mol. The Morgan fingerprint density at radius 3 is 1.02 bits per heavy atom. The molecular formula is C98H178N18O17Si6. The normalized spacial score (nSPS) is 21.6. The van der Waals surface area contributed by atoms with Gasteiger partial charge in [-0.15, -0.1) is 15.3 Å². The summed E-state index contributed by atoms with van der Waals surface area (Å²) in [7, 11) is -12.3. The maximum absolute atomic E-state index is 11.8. The Bertz CT molecular complexity index is 4730. The molecule has 3 fully saturated rings. The van der Waals surface area contributed by atoms with Crippen molar-refractivity contribution >= 4 is 90.3 Å². The summed E-state index contributed by atoms with van der Waals surface area (Å²) >= 11 is 0. The van der Waals surface area contributed by atoms with E-state index in [2.05, 4.69) is 268 Å². The number of carbonyl (C=O) groups is 1. The van der Waals surface area contributed by atoms with Gasteiger partial charge in [-0.05, 0) is 215 Å². The van der Waals surface area contributed by atoms with Gasteiger partial charge in [0.15, 0.2) is 49.9 Å². The van der Waals surface area contributed by atoms with Crippen molar-refractivity contribution in [2.24, 2.45) is 11.8 Å². The molecule has 3 aliphatic heterocycles. The van der Waals surface area contributed by atoms with Gasteiger partial charge in [0.1, 0.15) is 35.6 Å². The molecule has 786 valence electrons. The van der Waals surface area contributed by atoms with E-state index in [9.17, 15) is 55.6 Å². The van der Waals surface area contributed by atoms with Crippen LogP contribution < -0.4 is 16.4 Å². The summed E-state index contributed by atoms with van der Waals surface area (Å²) in [6, 6.07) is 14.1. The molecule has 6 aromatic rings. The SMILES string of the molecule is C[C@H]1CN(CCCCCC=O)[C@H](CO[Si](C)(C)C(C)(C)C)[C@@H](O[Si](C)(C)C(C)(C)C)[C@@H]1O[Si](C)(C)C(C)(C)C.C[C@H]1CN(CCCCCCNc2ccc(-n3ccnn3)c([N+](=O)[O-])c2)[C@H](CO[Si](C)(C)C(C)(C)C)[C@@H](O[Si](C)(C)C(C)(C)C)[C@@H]1O[Si](C)(C)C(C)(C)C.Nc1ccc(-n2ccnn2)c([N+](=O)[O-])c1.O=[N+]([O-])c1cc(NCCCCCCN2C[C@H](O)[C@@H](O)[C@H](O)[C@H]2CO)ccc1-n1ccnn1. The number of likely N-dealkylation sites (tertiary alicyclic amines) is 3. The summed E-state index contributed by atoms with van der Waals surface area (Å²) in [4.78, 5) is 50.6. The molecule has 0 saturated carbocycles. The highest BCUT2D eigenvalue weighted by Crippen LogP contribution is 2.49. The lowest BCUT2D eigenvalue weighted by molar-refractivity contribution is -0.384. The number of aliphatic hydroxyl groups excluding tert-OH is 4. The van der Waals surface area contributed by atoms with Crippen LogP contribution in [0.15, 0.2) is 91.8 Å². The van der Waals surface area contributed by atoms with E-state index < -0.39 is 84.1 Å². The molecule has 35 nitrogen and oxygen atoms in total. The van der Waals surface area contributed by atoms with Crippen molar-refractivity contribution < 1.29 is 66.5 Å². The molecule has 139 heavy (non-hydrogen) atoms. The van der Waals surface area contributed by atoms with Crippen LogP contribution in [0.4, 0.5) is 34.1 Å². The van der Waals surface area contributed by atoms with E-state index in [-0.39, 0.29) is 102 Å². The Kier molecular flexibility index (Phi) is 44.6. The Morgan fingerprint density at radius 1 is 0.417 bits per heavy atom. The van der Waals surface area contributed by atoms with Crippen molar-refractivity contribution in [1.29, 1.82) is 0 Å². The number of aliphatic hydroxyl groups is 4. The number of nitrogens with two attached hydrogens (primary N) is 1. The number of hydrogen-bond donors (Lipinski definition) is 7. The van der Waals surface area contributed by atoms with Crippen molar-refractivity contribution in [2.75, 3.05) is 88.5 Å². The number of carbonyl (C=O) groups excluding carboxylic acids is 1. The van der Waals surface area contributed by atoms with Crippen LogP contribution in [0, 0.1) is 42.2 Å². The predicted molar refractivity (Wildman–Crippen MR) is 571 cm³/mol. The van der Waals surface area contributed by atoms with Gasteiger partial charge in [-0.2, -0.15) is 0 Å². The van der Waals surface area contributed by atoms with Crippen LogP contribution in [0.1, 0.15) is 216 Å². The molecule has 41 heteroatoms. The molecule has 0 bridgehead atoms. The van der Waals surface area contributed by atoms with Gasteiger partial charge in [0.05, 0.1) is 120 Å². The number of nitro benzene ring substituents is 3. The molecule has 0 amide bonds. The molecule has 3 aromatic carbocycles. The summed E-state index contributed by atoms with van der Waals surface area (Å²) in [5, 5.41) is 103. The van der Waals surface area contributed by atoms with Gasteiger partial charge in [-0.3, -0.25) is 45.0 Å². The lowest BCUT2D eigenvalue weighted by Crippen LogP contribution is -2.66. The lowest BCUT2D eigenvalue weighted by atomic mass is 9.88. The third kappa shape index (κ3) is 34.4. The van der Waals surface area contributed by atoms with Gasteiger partial charge in [0.2, 0.25) is 0 Å². The highest BCUT2D eigenvalue weighted by atomic mass is 28.4. The summed E-state index contributed by atoms with van der Waals surface area (Å²) < 4.78 is 47.7. The Hall–Kier alpha value is -6.87. The second-order valence-electron chi connectivity index (χ2n) is 47.6. The minimum atomic E-state index is -2.16. The molecule has 0 radical (unpaired) electrons. The molecule has 0 spiro atoms. The number of aldehydes is 1. The first kappa shape index (κ1) is 121. The number of nitrogen functional groups attached to an aromatic ring is 1. The number of piperidine rings is 3.